The van der Waals surface area contributed by atoms with E-state index in [0.717, 1.165) is 12.5 Å². The topological polar surface area (TPSA) is 15.3 Å². The number of nitrogens with zero attached hydrogens (tertiary/aromatic N) is 1. The van der Waals surface area contributed by atoms with Gasteiger partial charge >= 0.3 is 0 Å². The van der Waals surface area contributed by atoms with Crippen LogP contribution in [0, 0.1) is 5.92 Å². The Morgan fingerprint density at radius 1 is 1.05 bits per heavy atom. The minimum Gasteiger partial charge on any atom is -0.315 e. The molecule has 2 nitrogen and oxygen atoms in total. The number of benzene rings is 1. The van der Waals surface area contributed by atoms with E-state index in [1.54, 1.807) is 0 Å². The summed E-state index contributed by atoms with van der Waals surface area (Å²) in [7, 11) is 0. The Morgan fingerprint density at radius 3 is 2.50 bits per heavy atom. The molecule has 0 spiro atoms. The molecular formula is C18H30N2. The third-order valence-corrected chi connectivity index (χ3v) is 4.16. The van der Waals surface area contributed by atoms with Crippen molar-refractivity contribution in [1.82, 2.24) is 10.2 Å². The van der Waals surface area contributed by atoms with E-state index in [9.17, 15) is 0 Å². The summed E-state index contributed by atoms with van der Waals surface area (Å²) < 4.78 is 0. The number of nitrogens with one attached hydrogen (secondary N) is 1. The van der Waals surface area contributed by atoms with E-state index in [4.69, 9.17) is 0 Å². The van der Waals surface area contributed by atoms with Crippen LogP contribution in [0.4, 0.5) is 0 Å². The lowest BCUT2D eigenvalue weighted by Crippen LogP contribution is -2.31. The number of rotatable bonds is 5. The Bertz CT molecular complexity index is 375. The van der Waals surface area contributed by atoms with Gasteiger partial charge in [-0.15, -0.1) is 0 Å². The minimum absolute atomic E-state index is 0.626. The Hall–Kier alpha value is -0.860. The summed E-state index contributed by atoms with van der Waals surface area (Å²) >= 11 is 0. The van der Waals surface area contributed by atoms with Crippen molar-refractivity contribution in [2.75, 3.05) is 32.7 Å². The van der Waals surface area contributed by atoms with Crippen LogP contribution in [-0.2, 0) is 6.42 Å². The molecule has 0 aromatic heterocycles. The maximum absolute atomic E-state index is 3.47. The van der Waals surface area contributed by atoms with Gasteiger partial charge in [0.05, 0.1) is 0 Å². The minimum atomic E-state index is 0.626. The van der Waals surface area contributed by atoms with Crippen molar-refractivity contribution >= 4 is 0 Å². The maximum atomic E-state index is 3.47. The molecule has 0 saturated carbocycles. The van der Waals surface area contributed by atoms with Crippen LogP contribution in [0.15, 0.2) is 24.3 Å². The van der Waals surface area contributed by atoms with E-state index >= 15 is 0 Å². The van der Waals surface area contributed by atoms with Gasteiger partial charge in [0.1, 0.15) is 0 Å². The van der Waals surface area contributed by atoms with E-state index in [1.165, 1.54) is 50.1 Å². The van der Waals surface area contributed by atoms with E-state index in [-0.39, 0.29) is 0 Å². The van der Waals surface area contributed by atoms with Gasteiger partial charge < -0.3 is 10.2 Å². The lowest BCUT2D eigenvalue weighted by atomic mass is 9.96. The SMILES string of the molecule is CC(C)Cc1ccc(C(C)CN2CCCNCC2)cc1. The van der Waals surface area contributed by atoms with Crippen molar-refractivity contribution in [2.24, 2.45) is 5.92 Å². The molecule has 0 bridgehead atoms. The molecule has 2 heteroatoms. The average molecular weight is 274 g/mol. The predicted molar refractivity (Wildman–Crippen MR) is 87.3 cm³/mol. The van der Waals surface area contributed by atoms with Gasteiger partial charge in [-0.05, 0) is 48.9 Å². The highest BCUT2D eigenvalue weighted by atomic mass is 15.1. The van der Waals surface area contributed by atoms with Gasteiger partial charge in [-0.1, -0.05) is 45.0 Å². The summed E-state index contributed by atoms with van der Waals surface area (Å²) in [5, 5.41) is 3.47. The second-order valence-corrected chi connectivity index (χ2v) is 6.64. The summed E-state index contributed by atoms with van der Waals surface area (Å²) in [5.41, 5.74) is 2.95. The average Bonchev–Trinajstić information content (AvgIpc) is 2.67. The summed E-state index contributed by atoms with van der Waals surface area (Å²) in [6.45, 7) is 12.8. The highest BCUT2D eigenvalue weighted by Crippen LogP contribution is 2.19. The fourth-order valence-corrected chi connectivity index (χ4v) is 3.03. The van der Waals surface area contributed by atoms with Gasteiger partial charge in [-0.25, -0.2) is 0 Å². The van der Waals surface area contributed by atoms with E-state index in [0.29, 0.717) is 5.92 Å². The Morgan fingerprint density at radius 2 is 1.80 bits per heavy atom. The van der Waals surface area contributed by atoms with Crippen LogP contribution in [0.3, 0.4) is 0 Å². The first-order valence-electron chi connectivity index (χ1n) is 8.17. The molecule has 0 aliphatic carbocycles. The molecule has 0 radical (unpaired) electrons. The molecule has 1 unspecified atom stereocenters. The molecule has 1 atom stereocenters. The van der Waals surface area contributed by atoms with Crippen molar-refractivity contribution in [1.29, 1.82) is 0 Å². The summed E-state index contributed by atoms with van der Waals surface area (Å²) in [6, 6.07) is 9.29. The third kappa shape index (κ3) is 4.92. The molecule has 1 N–H and O–H groups in total. The first-order valence-corrected chi connectivity index (χ1v) is 8.17. The van der Waals surface area contributed by atoms with Crippen LogP contribution >= 0.6 is 0 Å². The van der Waals surface area contributed by atoms with Crippen molar-refractivity contribution in [3.63, 3.8) is 0 Å². The summed E-state index contributed by atoms with van der Waals surface area (Å²) in [6.07, 6.45) is 2.46. The van der Waals surface area contributed by atoms with Gasteiger partial charge in [0.25, 0.3) is 0 Å². The van der Waals surface area contributed by atoms with Crippen LogP contribution in [0.25, 0.3) is 0 Å². The molecule has 1 fully saturated rings. The van der Waals surface area contributed by atoms with Crippen molar-refractivity contribution in [3.05, 3.63) is 35.4 Å². The molecule has 1 aromatic rings. The van der Waals surface area contributed by atoms with Gasteiger partial charge in [0, 0.05) is 19.6 Å². The summed E-state index contributed by atoms with van der Waals surface area (Å²) in [5.74, 6) is 1.36. The monoisotopic (exact) mass is 274 g/mol. The zero-order valence-corrected chi connectivity index (χ0v) is 13.4. The Balaban J connectivity index is 1.89. The third-order valence-electron chi connectivity index (χ3n) is 4.16. The quantitative estimate of drug-likeness (QED) is 0.886. The van der Waals surface area contributed by atoms with Crippen LogP contribution in [0.2, 0.25) is 0 Å². The van der Waals surface area contributed by atoms with Gasteiger partial charge in [-0.3, -0.25) is 0 Å². The first-order chi connectivity index (χ1) is 9.65. The lowest BCUT2D eigenvalue weighted by Gasteiger charge is -2.24. The zero-order valence-electron chi connectivity index (χ0n) is 13.4. The molecular weight excluding hydrogens is 244 g/mol. The highest BCUT2D eigenvalue weighted by molar-refractivity contribution is 5.25. The Labute approximate surface area is 124 Å². The largest absolute Gasteiger partial charge is 0.315 e. The molecule has 0 amide bonds. The van der Waals surface area contributed by atoms with E-state index < -0.39 is 0 Å². The predicted octanol–water partition coefficient (Wildman–Crippen LogP) is 3.28. The molecule has 1 heterocycles. The van der Waals surface area contributed by atoms with E-state index in [2.05, 4.69) is 55.3 Å². The van der Waals surface area contributed by atoms with E-state index in [1.807, 2.05) is 0 Å². The first kappa shape index (κ1) is 15.5. The van der Waals surface area contributed by atoms with Crippen molar-refractivity contribution in [3.8, 4) is 0 Å². The van der Waals surface area contributed by atoms with Crippen molar-refractivity contribution < 1.29 is 0 Å². The van der Waals surface area contributed by atoms with Gasteiger partial charge in [0.2, 0.25) is 0 Å². The van der Waals surface area contributed by atoms with Crippen LogP contribution in [-0.4, -0.2) is 37.6 Å². The molecule has 112 valence electrons. The van der Waals surface area contributed by atoms with Crippen LogP contribution in [0.1, 0.15) is 44.2 Å². The Kier molecular flexibility index (Phi) is 6.06. The second kappa shape index (κ2) is 7.80. The molecule has 2 rings (SSSR count). The fourth-order valence-electron chi connectivity index (χ4n) is 3.03. The molecule has 1 aliphatic heterocycles. The molecule has 1 aromatic carbocycles. The second-order valence-electron chi connectivity index (χ2n) is 6.64. The van der Waals surface area contributed by atoms with Crippen LogP contribution < -0.4 is 5.32 Å². The fraction of sp³-hybridized carbons (Fsp3) is 0.667. The van der Waals surface area contributed by atoms with Gasteiger partial charge in [0.15, 0.2) is 0 Å². The molecule has 1 saturated heterocycles. The number of hydrogen-bond acceptors (Lipinski definition) is 2. The van der Waals surface area contributed by atoms with Crippen molar-refractivity contribution in [2.45, 2.75) is 39.5 Å². The van der Waals surface area contributed by atoms with Gasteiger partial charge in [-0.2, -0.15) is 0 Å². The summed E-state index contributed by atoms with van der Waals surface area (Å²) in [4.78, 5) is 2.60. The lowest BCUT2D eigenvalue weighted by molar-refractivity contribution is 0.278. The standard InChI is InChI=1S/C18H30N2/c1-15(2)13-17-5-7-18(8-6-17)16(3)14-20-11-4-9-19-10-12-20/h5-8,15-16,19H,4,9-14H2,1-3H3. The smallest absolute Gasteiger partial charge is 0.0107 e. The zero-order chi connectivity index (χ0) is 14.4. The normalized spacial score (nSPS) is 19.0. The molecule has 20 heavy (non-hydrogen) atoms. The van der Waals surface area contributed by atoms with Crippen LogP contribution in [0.5, 0.6) is 0 Å². The maximum Gasteiger partial charge on any atom is 0.0107 e. The molecule has 1 aliphatic rings. The number of hydrogen-bond donors (Lipinski definition) is 1. The highest BCUT2D eigenvalue weighted by Gasteiger charge is 2.13.